The van der Waals surface area contributed by atoms with Gasteiger partial charge in [0.2, 0.25) is 0 Å². The third kappa shape index (κ3) is 3.74. The molecule has 4 nitrogen and oxygen atoms in total. The van der Waals surface area contributed by atoms with Crippen molar-refractivity contribution in [3.8, 4) is 0 Å². The Kier molecular flexibility index (Phi) is 5.05. The number of carbonyl (C=O) groups is 1. The van der Waals surface area contributed by atoms with Crippen molar-refractivity contribution in [2.75, 3.05) is 13.1 Å². The van der Waals surface area contributed by atoms with Crippen molar-refractivity contribution in [1.29, 1.82) is 0 Å². The van der Waals surface area contributed by atoms with Crippen molar-refractivity contribution in [2.24, 2.45) is 0 Å². The fraction of sp³-hybridized carbons (Fsp3) is 0.632. The Morgan fingerprint density at radius 3 is 2.35 bits per heavy atom. The number of nitrogens with zero attached hydrogens (tertiary/aromatic N) is 2. The molecule has 1 amide bonds. The lowest BCUT2D eigenvalue weighted by atomic mass is 9.98. The number of halogens is 3. The van der Waals surface area contributed by atoms with Crippen LogP contribution in [0.2, 0.25) is 0 Å². The second-order valence-electron chi connectivity index (χ2n) is 7.65. The highest BCUT2D eigenvalue weighted by Crippen LogP contribution is 2.39. The average Bonchev–Trinajstić information content (AvgIpc) is 2.82. The van der Waals surface area contributed by atoms with Gasteiger partial charge in [-0.1, -0.05) is 0 Å². The molecule has 26 heavy (non-hydrogen) atoms. The molecule has 1 fully saturated rings. The van der Waals surface area contributed by atoms with Gasteiger partial charge >= 0.3 is 6.18 Å². The summed E-state index contributed by atoms with van der Waals surface area (Å²) in [7, 11) is 0. The van der Waals surface area contributed by atoms with E-state index in [1.807, 2.05) is 27.7 Å². The van der Waals surface area contributed by atoms with Crippen molar-refractivity contribution in [3.63, 3.8) is 0 Å². The third-order valence-corrected chi connectivity index (χ3v) is 4.96. The summed E-state index contributed by atoms with van der Waals surface area (Å²) >= 11 is 0. The summed E-state index contributed by atoms with van der Waals surface area (Å²) in [5, 5.41) is 0. The first-order chi connectivity index (χ1) is 12.1. The van der Waals surface area contributed by atoms with Gasteiger partial charge in [0.1, 0.15) is 0 Å². The van der Waals surface area contributed by atoms with Gasteiger partial charge in [-0.05, 0) is 51.0 Å². The van der Waals surface area contributed by atoms with Gasteiger partial charge in [-0.2, -0.15) is 13.2 Å². The van der Waals surface area contributed by atoms with Crippen LogP contribution in [-0.2, 0) is 24.0 Å². The molecular formula is C19H25F3N2O2. The van der Waals surface area contributed by atoms with Crippen LogP contribution in [-0.4, -0.2) is 47.0 Å². The van der Waals surface area contributed by atoms with Crippen LogP contribution in [0.4, 0.5) is 13.2 Å². The van der Waals surface area contributed by atoms with Crippen LogP contribution in [0.3, 0.4) is 0 Å². The van der Waals surface area contributed by atoms with E-state index in [9.17, 15) is 18.0 Å². The van der Waals surface area contributed by atoms with E-state index in [0.717, 1.165) is 0 Å². The molecule has 0 N–H and O–H groups in total. The molecule has 0 bridgehead atoms. The number of alkyl halides is 3. The SMILES string of the molecule is CC1CN(Cc2cc3c(c(C(F)(F)F)c2)CN(C(C)C)C3=O)CC(C)O1. The maximum Gasteiger partial charge on any atom is 0.416 e. The summed E-state index contributed by atoms with van der Waals surface area (Å²) in [5.41, 5.74) is 0.133. The maximum atomic E-state index is 13.6. The molecular weight excluding hydrogens is 345 g/mol. The second kappa shape index (κ2) is 6.85. The van der Waals surface area contributed by atoms with E-state index < -0.39 is 11.7 Å². The van der Waals surface area contributed by atoms with Gasteiger partial charge in [0.15, 0.2) is 0 Å². The van der Waals surface area contributed by atoms with Gasteiger partial charge in [0.05, 0.1) is 17.8 Å². The predicted octanol–water partition coefficient (Wildman–Crippen LogP) is 3.68. The average molecular weight is 370 g/mol. The van der Waals surface area contributed by atoms with Gasteiger partial charge in [-0.15, -0.1) is 0 Å². The Bertz CT molecular complexity index is 693. The lowest BCUT2D eigenvalue weighted by Gasteiger charge is -2.35. The van der Waals surface area contributed by atoms with E-state index in [2.05, 4.69) is 4.90 Å². The first kappa shape index (κ1) is 19.2. The monoisotopic (exact) mass is 370 g/mol. The number of hydrogen-bond acceptors (Lipinski definition) is 3. The van der Waals surface area contributed by atoms with Crippen LogP contribution in [0.1, 0.15) is 54.7 Å². The molecule has 2 heterocycles. The molecule has 0 saturated carbocycles. The minimum atomic E-state index is -4.47. The summed E-state index contributed by atoms with van der Waals surface area (Å²) in [6.07, 6.45) is -4.40. The Balaban J connectivity index is 1.95. The van der Waals surface area contributed by atoms with Crippen LogP contribution in [0, 0.1) is 0 Å². The van der Waals surface area contributed by atoms with E-state index in [1.54, 1.807) is 6.07 Å². The number of fused-ring (bicyclic) bond motifs is 1. The molecule has 0 spiro atoms. The highest BCUT2D eigenvalue weighted by atomic mass is 19.4. The van der Waals surface area contributed by atoms with Crippen molar-refractivity contribution in [3.05, 3.63) is 34.4 Å². The largest absolute Gasteiger partial charge is 0.416 e. The van der Waals surface area contributed by atoms with Crippen LogP contribution in [0.5, 0.6) is 0 Å². The van der Waals surface area contributed by atoms with E-state index >= 15 is 0 Å². The molecule has 0 radical (unpaired) electrons. The zero-order chi connectivity index (χ0) is 19.2. The van der Waals surface area contributed by atoms with Gasteiger partial charge in [-0.25, -0.2) is 0 Å². The molecule has 1 aromatic rings. The quantitative estimate of drug-likeness (QED) is 0.814. The minimum Gasteiger partial charge on any atom is -0.373 e. The second-order valence-corrected chi connectivity index (χ2v) is 7.65. The standard InChI is InChI=1S/C19H25F3N2O2/c1-11(2)24-10-16-15(18(24)25)5-14(6-17(16)19(20,21)22)9-23-7-12(3)26-13(4)8-23/h5-6,11-13H,7-10H2,1-4H3. The van der Waals surface area contributed by atoms with Crippen LogP contribution in [0.15, 0.2) is 12.1 Å². The number of hydrogen-bond donors (Lipinski definition) is 0. The number of rotatable bonds is 3. The lowest BCUT2D eigenvalue weighted by Crippen LogP contribution is -2.44. The van der Waals surface area contributed by atoms with Gasteiger partial charge < -0.3 is 9.64 Å². The van der Waals surface area contributed by atoms with Gasteiger partial charge in [0.25, 0.3) is 5.91 Å². The Morgan fingerprint density at radius 2 is 1.81 bits per heavy atom. The fourth-order valence-electron chi connectivity index (χ4n) is 3.92. The van der Waals surface area contributed by atoms with Crippen molar-refractivity contribution < 1.29 is 22.7 Å². The summed E-state index contributed by atoms with van der Waals surface area (Å²) < 4.78 is 46.5. The summed E-state index contributed by atoms with van der Waals surface area (Å²) in [4.78, 5) is 16.2. The molecule has 2 aliphatic rings. The maximum absolute atomic E-state index is 13.6. The number of benzene rings is 1. The third-order valence-electron chi connectivity index (χ3n) is 4.96. The summed E-state index contributed by atoms with van der Waals surface area (Å²) in [6.45, 7) is 9.26. The molecule has 0 aliphatic carbocycles. The molecule has 2 unspecified atom stereocenters. The Morgan fingerprint density at radius 1 is 1.19 bits per heavy atom. The minimum absolute atomic E-state index is 0.0204. The highest BCUT2D eigenvalue weighted by Gasteiger charge is 2.40. The van der Waals surface area contributed by atoms with E-state index in [4.69, 9.17) is 4.74 Å². The normalized spacial score (nSPS) is 24.5. The molecule has 2 aliphatic heterocycles. The highest BCUT2D eigenvalue weighted by molar-refractivity contribution is 5.99. The molecule has 3 rings (SSSR count). The van der Waals surface area contributed by atoms with Crippen LogP contribution < -0.4 is 0 Å². The summed E-state index contributed by atoms with van der Waals surface area (Å²) in [6, 6.07) is 2.71. The fourth-order valence-corrected chi connectivity index (χ4v) is 3.92. The summed E-state index contributed by atoms with van der Waals surface area (Å²) in [5.74, 6) is -0.314. The smallest absolute Gasteiger partial charge is 0.373 e. The van der Waals surface area contributed by atoms with Crippen molar-refractivity contribution in [2.45, 2.75) is 65.2 Å². The first-order valence-electron chi connectivity index (χ1n) is 8.98. The van der Waals surface area contributed by atoms with Gasteiger partial charge in [-0.3, -0.25) is 9.69 Å². The molecule has 1 aromatic carbocycles. The van der Waals surface area contributed by atoms with E-state index in [-0.39, 0.29) is 41.8 Å². The zero-order valence-corrected chi connectivity index (χ0v) is 15.6. The molecule has 7 heteroatoms. The van der Waals surface area contributed by atoms with Crippen LogP contribution in [0.25, 0.3) is 0 Å². The molecule has 2 atom stereocenters. The Hall–Kier alpha value is -1.60. The van der Waals surface area contributed by atoms with Gasteiger partial charge in [0, 0.05) is 37.8 Å². The molecule has 144 valence electrons. The Labute approximate surface area is 151 Å². The topological polar surface area (TPSA) is 32.8 Å². The number of amides is 1. The zero-order valence-electron chi connectivity index (χ0n) is 15.6. The molecule has 1 saturated heterocycles. The van der Waals surface area contributed by atoms with E-state index in [1.165, 1.54) is 11.0 Å². The first-order valence-corrected chi connectivity index (χ1v) is 8.98. The van der Waals surface area contributed by atoms with Crippen molar-refractivity contribution in [1.82, 2.24) is 9.80 Å². The lowest BCUT2D eigenvalue weighted by molar-refractivity contribution is -0.138. The molecule has 0 aromatic heterocycles. The van der Waals surface area contributed by atoms with Crippen molar-refractivity contribution >= 4 is 5.91 Å². The predicted molar refractivity (Wildman–Crippen MR) is 91.7 cm³/mol. The van der Waals surface area contributed by atoms with E-state index in [0.29, 0.717) is 25.2 Å². The number of ether oxygens (including phenoxy) is 1. The number of carbonyl (C=O) groups excluding carboxylic acids is 1. The number of morpholine rings is 1. The van der Waals surface area contributed by atoms with Crippen LogP contribution >= 0.6 is 0 Å².